The van der Waals surface area contributed by atoms with Gasteiger partial charge in [-0.25, -0.2) is 0 Å². The van der Waals surface area contributed by atoms with Gasteiger partial charge in [-0.2, -0.15) is 0 Å². The van der Waals surface area contributed by atoms with Crippen molar-refractivity contribution in [2.24, 2.45) is 0 Å². The highest BCUT2D eigenvalue weighted by molar-refractivity contribution is 4.69. The van der Waals surface area contributed by atoms with Crippen LogP contribution >= 0.6 is 0 Å². The highest BCUT2D eigenvalue weighted by Gasteiger charge is 2.06. The minimum atomic E-state index is 0.245. The molecule has 3 nitrogen and oxygen atoms in total. The lowest BCUT2D eigenvalue weighted by Gasteiger charge is -2.20. The molecular formula is C12H27NO2. The molecule has 15 heavy (non-hydrogen) atoms. The monoisotopic (exact) mass is 217 g/mol. The van der Waals surface area contributed by atoms with Crippen molar-refractivity contribution in [1.82, 2.24) is 5.32 Å². The van der Waals surface area contributed by atoms with E-state index in [2.05, 4.69) is 26.1 Å². The van der Waals surface area contributed by atoms with Gasteiger partial charge >= 0.3 is 0 Å². The molecule has 0 aromatic carbocycles. The summed E-state index contributed by atoms with van der Waals surface area (Å²) < 4.78 is 10.3. The molecular weight excluding hydrogens is 190 g/mol. The number of methoxy groups -OCH3 is 1. The first-order valence-corrected chi connectivity index (χ1v) is 5.88. The molecule has 0 saturated carbocycles. The zero-order valence-corrected chi connectivity index (χ0v) is 10.8. The molecule has 1 N–H and O–H groups in total. The molecule has 0 aliphatic carbocycles. The van der Waals surface area contributed by atoms with E-state index in [1.54, 1.807) is 7.11 Å². The van der Waals surface area contributed by atoms with E-state index >= 15 is 0 Å². The number of rotatable bonds is 9. The van der Waals surface area contributed by atoms with Crippen molar-refractivity contribution in [3.05, 3.63) is 0 Å². The SMILES string of the molecule is COCCOCCCCCNC(C)(C)C. The molecule has 3 heteroatoms. The first-order valence-electron chi connectivity index (χ1n) is 5.88. The van der Waals surface area contributed by atoms with E-state index in [0.29, 0.717) is 6.61 Å². The van der Waals surface area contributed by atoms with Crippen molar-refractivity contribution in [2.45, 2.75) is 45.6 Å². The summed E-state index contributed by atoms with van der Waals surface area (Å²) in [5.41, 5.74) is 0.245. The standard InChI is InChI=1S/C12H27NO2/c1-12(2,3)13-8-6-5-7-9-15-11-10-14-4/h13H,5-11H2,1-4H3. The Morgan fingerprint density at radius 1 is 0.933 bits per heavy atom. The topological polar surface area (TPSA) is 30.5 Å². The maximum absolute atomic E-state index is 5.38. The molecule has 0 saturated heterocycles. The Hall–Kier alpha value is -0.120. The van der Waals surface area contributed by atoms with Gasteiger partial charge in [-0.05, 0) is 46.6 Å². The molecule has 0 unspecified atom stereocenters. The summed E-state index contributed by atoms with van der Waals surface area (Å²) in [7, 11) is 1.70. The third-order valence-corrected chi connectivity index (χ3v) is 2.05. The number of hydrogen-bond acceptors (Lipinski definition) is 3. The van der Waals surface area contributed by atoms with Crippen LogP contribution in [0.3, 0.4) is 0 Å². The van der Waals surface area contributed by atoms with E-state index in [0.717, 1.165) is 26.2 Å². The van der Waals surface area contributed by atoms with Gasteiger partial charge in [-0.15, -0.1) is 0 Å². The molecule has 0 rings (SSSR count). The van der Waals surface area contributed by atoms with Gasteiger partial charge in [-0.3, -0.25) is 0 Å². The van der Waals surface area contributed by atoms with E-state index in [1.807, 2.05) is 0 Å². The minimum Gasteiger partial charge on any atom is -0.382 e. The summed E-state index contributed by atoms with van der Waals surface area (Å²) in [4.78, 5) is 0. The third-order valence-electron chi connectivity index (χ3n) is 2.05. The second-order valence-electron chi connectivity index (χ2n) is 4.84. The molecule has 0 amide bonds. The Kier molecular flexibility index (Phi) is 9.06. The second-order valence-corrected chi connectivity index (χ2v) is 4.84. The van der Waals surface area contributed by atoms with E-state index in [-0.39, 0.29) is 5.54 Å². The molecule has 0 aromatic rings. The van der Waals surface area contributed by atoms with Crippen LogP contribution < -0.4 is 5.32 Å². The molecule has 92 valence electrons. The van der Waals surface area contributed by atoms with Crippen molar-refractivity contribution in [1.29, 1.82) is 0 Å². The van der Waals surface area contributed by atoms with Crippen LogP contribution in [0.2, 0.25) is 0 Å². The van der Waals surface area contributed by atoms with Gasteiger partial charge < -0.3 is 14.8 Å². The van der Waals surface area contributed by atoms with Crippen molar-refractivity contribution in [3.8, 4) is 0 Å². The first-order chi connectivity index (χ1) is 7.06. The van der Waals surface area contributed by atoms with Crippen LogP contribution in [0.5, 0.6) is 0 Å². The molecule has 0 atom stereocenters. The summed E-state index contributed by atoms with van der Waals surface area (Å²) >= 11 is 0. The molecule has 0 fully saturated rings. The van der Waals surface area contributed by atoms with Crippen molar-refractivity contribution >= 4 is 0 Å². The Labute approximate surface area is 94.5 Å². The van der Waals surface area contributed by atoms with Crippen molar-refractivity contribution in [2.75, 3.05) is 33.5 Å². The zero-order chi connectivity index (χ0) is 11.6. The average Bonchev–Trinajstić information content (AvgIpc) is 2.14. The lowest BCUT2D eigenvalue weighted by atomic mass is 10.1. The van der Waals surface area contributed by atoms with E-state index in [4.69, 9.17) is 9.47 Å². The fourth-order valence-corrected chi connectivity index (χ4v) is 1.21. The van der Waals surface area contributed by atoms with Crippen LogP contribution in [0.4, 0.5) is 0 Å². The Bertz CT molecular complexity index is 132. The quantitative estimate of drug-likeness (QED) is 0.601. The van der Waals surface area contributed by atoms with Crippen LogP contribution in [-0.4, -0.2) is 39.0 Å². The highest BCUT2D eigenvalue weighted by atomic mass is 16.5. The fourth-order valence-electron chi connectivity index (χ4n) is 1.21. The molecule has 0 bridgehead atoms. The molecule has 0 heterocycles. The van der Waals surface area contributed by atoms with Gasteiger partial charge in [0.05, 0.1) is 13.2 Å². The lowest BCUT2D eigenvalue weighted by Crippen LogP contribution is -2.36. The van der Waals surface area contributed by atoms with Crippen LogP contribution in [0.15, 0.2) is 0 Å². The largest absolute Gasteiger partial charge is 0.382 e. The normalized spacial score (nSPS) is 12.0. The smallest absolute Gasteiger partial charge is 0.0700 e. The number of ether oxygens (including phenoxy) is 2. The molecule has 0 radical (unpaired) electrons. The second kappa shape index (κ2) is 9.13. The first kappa shape index (κ1) is 14.9. The van der Waals surface area contributed by atoms with Gasteiger partial charge in [0.2, 0.25) is 0 Å². The summed E-state index contributed by atoms with van der Waals surface area (Å²) in [5, 5.41) is 3.47. The van der Waals surface area contributed by atoms with Crippen molar-refractivity contribution in [3.63, 3.8) is 0 Å². The van der Waals surface area contributed by atoms with Gasteiger partial charge in [0.15, 0.2) is 0 Å². The predicted molar refractivity (Wildman–Crippen MR) is 64.3 cm³/mol. The molecule has 0 spiro atoms. The molecule has 0 aliphatic rings. The van der Waals surface area contributed by atoms with Gasteiger partial charge in [-0.1, -0.05) is 0 Å². The van der Waals surface area contributed by atoms with E-state index < -0.39 is 0 Å². The third kappa shape index (κ3) is 13.9. The lowest BCUT2D eigenvalue weighted by molar-refractivity contribution is 0.0686. The minimum absolute atomic E-state index is 0.245. The summed E-state index contributed by atoms with van der Waals surface area (Å²) in [5.74, 6) is 0. The summed E-state index contributed by atoms with van der Waals surface area (Å²) in [6, 6.07) is 0. The Morgan fingerprint density at radius 2 is 1.67 bits per heavy atom. The Morgan fingerprint density at radius 3 is 2.27 bits per heavy atom. The average molecular weight is 217 g/mol. The summed E-state index contributed by atoms with van der Waals surface area (Å²) in [6.07, 6.45) is 3.61. The van der Waals surface area contributed by atoms with E-state index in [9.17, 15) is 0 Å². The van der Waals surface area contributed by atoms with Crippen LogP contribution in [0.1, 0.15) is 40.0 Å². The summed E-state index contributed by atoms with van der Waals surface area (Å²) in [6.45, 7) is 9.96. The van der Waals surface area contributed by atoms with Crippen LogP contribution in [0.25, 0.3) is 0 Å². The maximum Gasteiger partial charge on any atom is 0.0700 e. The number of nitrogens with one attached hydrogen (secondary N) is 1. The Balaban J connectivity index is 2.99. The molecule has 0 aromatic heterocycles. The number of unbranched alkanes of at least 4 members (excludes halogenated alkanes) is 2. The zero-order valence-electron chi connectivity index (χ0n) is 10.8. The predicted octanol–water partition coefficient (Wildman–Crippen LogP) is 2.21. The van der Waals surface area contributed by atoms with Crippen molar-refractivity contribution < 1.29 is 9.47 Å². The van der Waals surface area contributed by atoms with Gasteiger partial charge in [0, 0.05) is 19.3 Å². The van der Waals surface area contributed by atoms with E-state index in [1.165, 1.54) is 12.8 Å². The van der Waals surface area contributed by atoms with Crippen LogP contribution in [-0.2, 0) is 9.47 Å². The van der Waals surface area contributed by atoms with Gasteiger partial charge in [0.25, 0.3) is 0 Å². The number of hydrogen-bond donors (Lipinski definition) is 1. The van der Waals surface area contributed by atoms with Gasteiger partial charge in [0.1, 0.15) is 0 Å². The maximum atomic E-state index is 5.38. The highest BCUT2D eigenvalue weighted by Crippen LogP contribution is 2.00. The fraction of sp³-hybridized carbons (Fsp3) is 1.00. The molecule has 0 aliphatic heterocycles. The van der Waals surface area contributed by atoms with Crippen LogP contribution in [0, 0.1) is 0 Å².